The fourth-order valence-electron chi connectivity index (χ4n) is 2.55. The number of hydrogen-bond donors (Lipinski definition) is 1. The van der Waals surface area contributed by atoms with Crippen molar-refractivity contribution in [2.24, 2.45) is 0 Å². The molecule has 3 heterocycles. The second kappa shape index (κ2) is 9.62. The van der Waals surface area contributed by atoms with E-state index in [9.17, 15) is 18.0 Å². The quantitative estimate of drug-likeness (QED) is 0.776. The third-order valence-electron chi connectivity index (χ3n) is 3.83. The molecule has 1 aliphatic rings. The average Bonchev–Trinajstić information content (AvgIpc) is 2.88. The van der Waals surface area contributed by atoms with Gasteiger partial charge in [0, 0.05) is 50.3 Å². The van der Waals surface area contributed by atoms with Crippen LogP contribution in [0.2, 0.25) is 0 Å². The number of amides is 1. The Hall–Kier alpha value is -3.50. The Labute approximate surface area is 164 Å². The highest BCUT2D eigenvalue weighted by Crippen LogP contribution is 2.23. The smallest absolute Gasteiger partial charge is 0.475 e. The standard InChI is InChI=1S/C16H17N5O.C2HF3O2/c1-2-8-20-9-10-21(12-13-4-3-5-19-15(13)20)16(22)14-11-17-6-7-18-14;3-2(4,5)1(6)7/h2-7,11H,1,8-10,12H2;(H,6,7). The number of carboxylic acids is 1. The van der Waals surface area contributed by atoms with Gasteiger partial charge in [-0.1, -0.05) is 12.1 Å². The van der Waals surface area contributed by atoms with Crippen molar-refractivity contribution < 1.29 is 27.9 Å². The lowest BCUT2D eigenvalue weighted by Gasteiger charge is -2.22. The van der Waals surface area contributed by atoms with E-state index in [1.165, 1.54) is 12.4 Å². The molecule has 11 heteroatoms. The van der Waals surface area contributed by atoms with Crippen molar-refractivity contribution in [2.75, 3.05) is 24.5 Å². The molecule has 0 aromatic carbocycles. The minimum atomic E-state index is -5.08. The molecule has 0 saturated carbocycles. The van der Waals surface area contributed by atoms with Gasteiger partial charge < -0.3 is 14.9 Å². The molecule has 1 N–H and O–H groups in total. The van der Waals surface area contributed by atoms with E-state index in [4.69, 9.17) is 9.90 Å². The van der Waals surface area contributed by atoms with Gasteiger partial charge in [-0.25, -0.2) is 14.8 Å². The molecule has 2 aromatic heterocycles. The minimum Gasteiger partial charge on any atom is -0.475 e. The number of carboxylic acid groups (broad SMARTS) is 1. The first-order valence-electron chi connectivity index (χ1n) is 8.39. The van der Waals surface area contributed by atoms with Gasteiger partial charge in [0.15, 0.2) is 0 Å². The minimum absolute atomic E-state index is 0.108. The van der Waals surface area contributed by atoms with Crippen molar-refractivity contribution in [2.45, 2.75) is 12.7 Å². The molecular formula is C18H18F3N5O3. The van der Waals surface area contributed by atoms with E-state index in [0.717, 1.165) is 11.4 Å². The SMILES string of the molecule is C=CCN1CCN(C(=O)c2cnccn2)Cc2cccnc21.O=C(O)C(F)(F)F. The highest BCUT2D eigenvalue weighted by Gasteiger charge is 2.38. The van der Waals surface area contributed by atoms with E-state index in [-0.39, 0.29) is 5.91 Å². The van der Waals surface area contributed by atoms with Crippen molar-refractivity contribution in [3.8, 4) is 0 Å². The van der Waals surface area contributed by atoms with Gasteiger partial charge in [0.1, 0.15) is 11.5 Å². The summed E-state index contributed by atoms with van der Waals surface area (Å²) in [4.78, 5) is 37.9. The van der Waals surface area contributed by atoms with Gasteiger partial charge in [-0.3, -0.25) is 9.78 Å². The molecule has 29 heavy (non-hydrogen) atoms. The molecule has 0 aliphatic carbocycles. The van der Waals surface area contributed by atoms with Crippen LogP contribution in [0, 0.1) is 0 Å². The van der Waals surface area contributed by atoms with Crippen molar-refractivity contribution in [3.05, 3.63) is 60.8 Å². The second-order valence-electron chi connectivity index (χ2n) is 5.84. The molecule has 8 nitrogen and oxygen atoms in total. The van der Waals surface area contributed by atoms with Gasteiger partial charge in [0.05, 0.1) is 6.20 Å². The van der Waals surface area contributed by atoms with Crippen LogP contribution in [0.15, 0.2) is 49.6 Å². The lowest BCUT2D eigenvalue weighted by Crippen LogP contribution is -2.36. The molecular weight excluding hydrogens is 391 g/mol. The number of anilines is 1. The van der Waals surface area contributed by atoms with Crippen LogP contribution < -0.4 is 4.90 Å². The van der Waals surface area contributed by atoms with Crippen molar-refractivity contribution in [1.29, 1.82) is 0 Å². The number of pyridine rings is 1. The summed E-state index contributed by atoms with van der Waals surface area (Å²) in [7, 11) is 0. The number of alkyl halides is 3. The van der Waals surface area contributed by atoms with E-state index >= 15 is 0 Å². The Bertz CT molecular complexity index is 861. The topological polar surface area (TPSA) is 99.5 Å². The van der Waals surface area contributed by atoms with Crippen LogP contribution in [-0.4, -0.2) is 62.6 Å². The normalized spacial score (nSPS) is 13.5. The van der Waals surface area contributed by atoms with Gasteiger partial charge >= 0.3 is 12.1 Å². The van der Waals surface area contributed by atoms with Gasteiger partial charge in [-0.2, -0.15) is 13.2 Å². The Kier molecular flexibility index (Phi) is 7.23. The zero-order valence-electron chi connectivity index (χ0n) is 15.2. The maximum absolute atomic E-state index is 12.6. The number of halogens is 3. The molecule has 1 amide bonds. The predicted octanol–water partition coefficient (Wildman–Crippen LogP) is 2.15. The molecule has 0 bridgehead atoms. The molecule has 1 aliphatic heterocycles. The number of nitrogens with zero attached hydrogens (tertiary/aromatic N) is 5. The maximum Gasteiger partial charge on any atom is 0.490 e. The zero-order chi connectivity index (χ0) is 21.4. The van der Waals surface area contributed by atoms with Crippen LogP contribution in [0.5, 0.6) is 0 Å². The Morgan fingerprint density at radius 2 is 1.93 bits per heavy atom. The van der Waals surface area contributed by atoms with Crippen LogP contribution in [-0.2, 0) is 11.3 Å². The van der Waals surface area contributed by atoms with E-state index in [2.05, 4.69) is 26.4 Å². The number of aromatic nitrogens is 3. The average molecular weight is 409 g/mol. The van der Waals surface area contributed by atoms with E-state index in [1.807, 2.05) is 18.2 Å². The summed E-state index contributed by atoms with van der Waals surface area (Å²) in [5, 5.41) is 7.12. The molecule has 0 fully saturated rings. The van der Waals surface area contributed by atoms with E-state index in [1.54, 1.807) is 17.3 Å². The van der Waals surface area contributed by atoms with E-state index in [0.29, 0.717) is 31.9 Å². The summed E-state index contributed by atoms with van der Waals surface area (Å²) < 4.78 is 31.7. The molecule has 154 valence electrons. The van der Waals surface area contributed by atoms with Gasteiger partial charge in [0.2, 0.25) is 0 Å². The molecule has 2 aromatic rings. The summed E-state index contributed by atoms with van der Waals surface area (Å²) in [5.41, 5.74) is 1.39. The molecule has 3 rings (SSSR count). The van der Waals surface area contributed by atoms with Crippen LogP contribution in [0.25, 0.3) is 0 Å². The number of rotatable bonds is 3. The third-order valence-corrected chi connectivity index (χ3v) is 3.83. The maximum atomic E-state index is 12.6. The number of fused-ring (bicyclic) bond motifs is 1. The van der Waals surface area contributed by atoms with E-state index < -0.39 is 12.1 Å². The highest BCUT2D eigenvalue weighted by molar-refractivity contribution is 5.92. The fourth-order valence-corrected chi connectivity index (χ4v) is 2.55. The Morgan fingerprint density at radius 3 is 2.52 bits per heavy atom. The Balaban J connectivity index is 0.000000370. The largest absolute Gasteiger partial charge is 0.490 e. The number of carbonyl (C=O) groups is 2. The summed E-state index contributed by atoms with van der Waals surface area (Å²) in [6.07, 6.45) is 3.13. The predicted molar refractivity (Wildman–Crippen MR) is 97.1 cm³/mol. The first-order chi connectivity index (χ1) is 13.7. The lowest BCUT2D eigenvalue weighted by atomic mass is 10.2. The van der Waals surface area contributed by atoms with Gasteiger partial charge in [0.25, 0.3) is 5.91 Å². The van der Waals surface area contributed by atoms with Crippen molar-refractivity contribution in [3.63, 3.8) is 0 Å². The number of hydrogen-bond acceptors (Lipinski definition) is 6. The summed E-state index contributed by atoms with van der Waals surface area (Å²) in [6.45, 7) is 6.34. The summed E-state index contributed by atoms with van der Waals surface area (Å²) in [6, 6.07) is 3.89. The molecule has 0 saturated heterocycles. The molecule has 0 spiro atoms. The van der Waals surface area contributed by atoms with Gasteiger partial charge in [-0.15, -0.1) is 6.58 Å². The summed E-state index contributed by atoms with van der Waals surface area (Å²) in [5.74, 6) is -1.95. The number of aliphatic carboxylic acids is 1. The fraction of sp³-hybridized carbons (Fsp3) is 0.278. The highest BCUT2D eigenvalue weighted by atomic mass is 19.4. The first kappa shape index (κ1) is 21.8. The second-order valence-corrected chi connectivity index (χ2v) is 5.84. The zero-order valence-corrected chi connectivity index (χ0v) is 15.2. The Morgan fingerprint density at radius 1 is 1.21 bits per heavy atom. The van der Waals surface area contributed by atoms with Crippen molar-refractivity contribution >= 4 is 17.7 Å². The van der Waals surface area contributed by atoms with Crippen LogP contribution >= 0.6 is 0 Å². The van der Waals surface area contributed by atoms with Crippen LogP contribution in [0.3, 0.4) is 0 Å². The monoisotopic (exact) mass is 409 g/mol. The van der Waals surface area contributed by atoms with Crippen molar-refractivity contribution in [1.82, 2.24) is 19.9 Å². The lowest BCUT2D eigenvalue weighted by molar-refractivity contribution is -0.192. The summed E-state index contributed by atoms with van der Waals surface area (Å²) >= 11 is 0. The van der Waals surface area contributed by atoms with Crippen LogP contribution in [0.1, 0.15) is 16.1 Å². The van der Waals surface area contributed by atoms with Gasteiger partial charge in [-0.05, 0) is 6.07 Å². The molecule has 0 unspecified atom stereocenters. The molecule has 0 radical (unpaired) electrons. The number of carbonyl (C=O) groups excluding carboxylic acids is 1. The third kappa shape index (κ3) is 5.99. The molecule has 0 atom stereocenters. The first-order valence-corrected chi connectivity index (χ1v) is 8.39. The van der Waals surface area contributed by atoms with Crippen LogP contribution in [0.4, 0.5) is 19.0 Å².